The first kappa shape index (κ1) is 23.9. The van der Waals surface area contributed by atoms with E-state index in [4.69, 9.17) is 4.74 Å². The van der Waals surface area contributed by atoms with Crippen molar-refractivity contribution < 1.29 is 14.3 Å². The summed E-state index contributed by atoms with van der Waals surface area (Å²) in [6, 6.07) is 7.17. The summed E-state index contributed by atoms with van der Waals surface area (Å²) in [7, 11) is 1.64. The number of amides is 2. The van der Waals surface area contributed by atoms with Crippen LogP contribution in [0.3, 0.4) is 0 Å². The summed E-state index contributed by atoms with van der Waals surface area (Å²) in [6.07, 6.45) is 8.25. The number of piperidine rings is 1. The topological polar surface area (TPSA) is 79.5 Å². The van der Waals surface area contributed by atoms with E-state index in [1.54, 1.807) is 7.11 Å². The van der Waals surface area contributed by atoms with E-state index in [9.17, 15) is 9.59 Å². The van der Waals surface area contributed by atoms with Gasteiger partial charge < -0.3 is 20.7 Å². The van der Waals surface area contributed by atoms with E-state index in [1.807, 2.05) is 36.0 Å². The Labute approximate surface area is 190 Å². The molecule has 1 atom stereocenters. The standard InChI is InChI=1S/C24H37N3O3S/c1-30-21-9-7-18(8-10-21)15-26-24(29)22(17-31-16-19-5-3-2-4-6-19)27-23(28)20-11-13-25-14-12-20/h7-10,19-20,22,25H,2-6,11-17H2,1H3,(H,26,29)(H,27,28)/t22-/m0/s1. The minimum absolute atomic E-state index is 0.00137. The summed E-state index contributed by atoms with van der Waals surface area (Å²) in [5.74, 6) is 3.16. The molecule has 0 spiro atoms. The minimum Gasteiger partial charge on any atom is -0.497 e. The Hall–Kier alpha value is -1.73. The zero-order chi connectivity index (χ0) is 21.9. The van der Waals surface area contributed by atoms with Gasteiger partial charge in [0.2, 0.25) is 11.8 Å². The summed E-state index contributed by atoms with van der Waals surface area (Å²) in [6.45, 7) is 2.17. The lowest BCUT2D eigenvalue weighted by atomic mass is 9.91. The van der Waals surface area contributed by atoms with E-state index in [1.165, 1.54) is 32.1 Å². The van der Waals surface area contributed by atoms with E-state index in [-0.39, 0.29) is 17.7 Å². The SMILES string of the molecule is COc1ccc(CNC(=O)[C@H](CSCC2CCCCC2)NC(=O)C2CCNCC2)cc1. The summed E-state index contributed by atoms with van der Waals surface area (Å²) < 4.78 is 5.19. The smallest absolute Gasteiger partial charge is 0.243 e. The molecule has 31 heavy (non-hydrogen) atoms. The van der Waals surface area contributed by atoms with Gasteiger partial charge in [-0.3, -0.25) is 9.59 Å². The molecule has 0 bridgehead atoms. The lowest BCUT2D eigenvalue weighted by Gasteiger charge is -2.26. The van der Waals surface area contributed by atoms with Gasteiger partial charge in [-0.15, -0.1) is 0 Å². The van der Waals surface area contributed by atoms with E-state index >= 15 is 0 Å². The fraction of sp³-hybridized carbons (Fsp3) is 0.667. The summed E-state index contributed by atoms with van der Waals surface area (Å²) in [4.78, 5) is 25.7. The first-order valence-electron chi connectivity index (χ1n) is 11.6. The van der Waals surface area contributed by atoms with Crippen LogP contribution in [-0.2, 0) is 16.1 Å². The predicted molar refractivity (Wildman–Crippen MR) is 126 cm³/mol. The van der Waals surface area contributed by atoms with E-state index in [0.29, 0.717) is 12.3 Å². The molecule has 1 heterocycles. The molecule has 2 fully saturated rings. The molecule has 7 heteroatoms. The molecule has 0 radical (unpaired) electrons. The lowest BCUT2D eigenvalue weighted by molar-refractivity contribution is -0.131. The minimum atomic E-state index is -0.491. The normalized spacial score (nSPS) is 18.9. The van der Waals surface area contributed by atoms with Crippen molar-refractivity contribution in [2.45, 2.75) is 57.5 Å². The molecule has 0 unspecified atom stereocenters. The van der Waals surface area contributed by atoms with Crippen molar-refractivity contribution >= 4 is 23.6 Å². The predicted octanol–water partition coefficient (Wildman–Crippen LogP) is 3.11. The quantitative estimate of drug-likeness (QED) is 0.514. The van der Waals surface area contributed by atoms with Crippen LogP contribution in [0.25, 0.3) is 0 Å². The maximum Gasteiger partial charge on any atom is 0.243 e. The van der Waals surface area contributed by atoms with Crippen LogP contribution in [0.4, 0.5) is 0 Å². The number of rotatable bonds is 10. The molecule has 1 saturated carbocycles. The average molecular weight is 448 g/mol. The molecule has 3 N–H and O–H groups in total. The molecule has 2 aliphatic rings. The molecule has 1 aromatic carbocycles. The highest BCUT2D eigenvalue weighted by Crippen LogP contribution is 2.27. The van der Waals surface area contributed by atoms with Crippen LogP contribution in [0.15, 0.2) is 24.3 Å². The number of carbonyl (C=O) groups excluding carboxylic acids is 2. The fourth-order valence-electron chi connectivity index (χ4n) is 4.32. The molecule has 2 amide bonds. The van der Waals surface area contributed by atoms with Crippen molar-refractivity contribution in [1.29, 1.82) is 0 Å². The van der Waals surface area contributed by atoms with Gasteiger partial charge in [0.1, 0.15) is 11.8 Å². The first-order valence-corrected chi connectivity index (χ1v) is 12.8. The van der Waals surface area contributed by atoms with Gasteiger partial charge >= 0.3 is 0 Å². The molecule has 1 saturated heterocycles. The number of hydrogen-bond acceptors (Lipinski definition) is 5. The highest BCUT2D eigenvalue weighted by molar-refractivity contribution is 7.99. The first-order chi connectivity index (χ1) is 15.2. The molecule has 3 rings (SSSR count). The Morgan fingerprint density at radius 2 is 1.81 bits per heavy atom. The van der Waals surface area contributed by atoms with Gasteiger partial charge in [0.05, 0.1) is 7.11 Å². The van der Waals surface area contributed by atoms with Crippen molar-refractivity contribution in [2.75, 3.05) is 31.7 Å². The van der Waals surface area contributed by atoms with Gasteiger partial charge in [0, 0.05) is 18.2 Å². The number of benzene rings is 1. The Morgan fingerprint density at radius 1 is 1.10 bits per heavy atom. The molecular weight excluding hydrogens is 410 g/mol. The van der Waals surface area contributed by atoms with Crippen LogP contribution in [0.1, 0.15) is 50.5 Å². The van der Waals surface area contributed by atoms with Crippen LogP contribution >= 0.6 is 11.8 Å². The Kier molecular flexibility index (Phi) is 10.0. The second kappa shape index (κ2) is 13.0. The molecular formula is C24H37N3O3S. The Balaban J connectivity index is 1.52. The molecule has 1 aromatic rings. The third-order valence-corrected chi connectivity index (χ3v) is 7.61. The lowest BCUT2D eigenvalue weighted by Crippen LogP contribution is -2.51. The van der Waals surface area contributed by atoms with Gasteiger partial charge in [-0.25, -0.2) is 0 Å². The molecule has 6 nitrogen and oxygen atoms in total. The van der Waals surface area contributed by atoms with Crippen molar-refractivity contribution in [3.63, 3.8) is 0 Å². The van der Waals surface area contributed by atoms with Gasteiger partial charge in [0.25, 0.3) is 0 Å². The monoisotopic (exact) mass is 447 g/mol. The van der Waals surface area contributed by atoms with Crippen LogP contribution < -0.4 is 20.7 Å². The van der Waals surface area contributed by atoms with Crippen LogP contribution in [0.2, 0.25) is 0 Å². The zero-order valence-electron chi connectivity index (χ0n) is 18.7. The van der Waals surface area contributed by atoms with Crippen LogP contribution in [-0.4, -0.2) is 49.6 Å². The molecule has 1 aliphatic carbocycles. The third kappa shape index (κ3) is 8.04. The summed E-state index contributed by atoms with van der Waals surface area (Å²) in [5, 5.41) is 9.36. The number of nitrogens with one attached hydrogen (secondary N) is 3. The Morgan fingerprint density at radius 3 is 2.48 bits per heavy atom. The van der Waals surface area contributed by atoms with Crippen LogP contribution in [0, 0.1) is 11.8 Å². The van der Waals surface area contributed by atoms with Crippen molar-refractivity contribution in [1.82, 2.24) is 16.0 Å². The number of carbonyl (C=O) groups is 2. The van der Waals surface area contributed by atoms with Gasteiger partial charge in [-0.05, 0) is 68.1 Å². The highest BCUT2D eigenvalue weighted by atomic mass is 32.2. The average Bonchev–Trinajstić information content (AvgIpc) is 2.83. The maximum absolute atomic E-state index is 13.0. The van der Waals surface area contributed by atoms with Crippen molar-refractivity contribution in [2.24, 2.45) is 11.8 Å². The van der Waals surface area contributed by atoms with Crippen molar-refractivity contribution in [3.05, 3.63) is 29.8 Å². The fourth-order valence-corrected chi connectivity index (χ4v) is 5.59. The Bertz CT molecular complexity index is 686. The van der Waals surface area contributed by atoms with Crippen LogP contribution in [0.5, 0.6) is 5.75 Å². The summed E-state index contributed by atoms with van der Waals surface area (Å²) >= 11 is 1.81. The van der Waals surface area contributed by atoms with Gasteiger partial charge in [-0.1, -0.05) is 31.4 Å². The van der Waals surface area contributed by atoms with E-state index in [2.05, 4.69) is 16.0 Å². The maximum atomic E-state index is 13.0. The second-order valence-corrected chi connectivity index (χ2v) is 9.77. The number of thioether (sulfide) groups is 1. The number of hydrogen-bond donors (Lipinski definition) is 3. The molecule has 1 aliphatic heterocycles. The second-order valence-electron chi connectivity index (χ2n) is 8.69. The van der Waals surface area contributed by atoms with Crippen molar-refractivity contribution in [3.8, 4) is 5.75 Å². The van der Waals surface area contributed by atoms with E-state index < -0.39 is 6.04 Å². The largest absolute Gasteiger partial charge is 0.497 e. The van der Waals surface area contributed by atoms with E-state index in [0.717, 1.165) is 48.9 Å². The molecule has 0 aromatic heterocycles. The van der Waals surface area contributed by atoms with Gasteiger partial charge in [0.15, 0.2) is 0 Å². The highest BCUT2D eigenvalue weighted by Gasteiger charge is 2.27. The molecule has 172 valence electrons. The number of ether oxygens (including phenoxy) is 1. The summed E-state index contributed by atoms with van der Waals surface area (Å²) in [5.41, 5.74) is 1.01. The third-order valence-electron chi connectivity index (χ3n) is 6.33. The zero-order valence-corrected chi connectivity index (χ0v) is 19.5. The van der Waals surface area contributed by atoms with Gasteiger partial charge in [-0.2, -0.15) is 11.8 Å². The number of methoxy groups -OCH3 is 1.